The first kappa shape index (κ1) is 15.3. The van der Waals surface area contributed by atoms with Gasteiger partial charge in [-0.25, -0.2) is 0 Å². The Bertz CT molecular complexity index is 508. The lowest BCUT2D eigenvalue weighted by Crippen LogP contribution is -2.35. The van der Waals surface area contributed by atoms with Crippen LogP contribution in [0.1, 0.15) is 49.1 Å². The molecule has 0 bridgehead atoms. The van der Waals surface area contributed by atoms with Crippen LogP contribution in [0, 0.1) is 0 Å². The van der Waals surface area contributed by atoms with E-state index in [-0.39, 0.29) is 23.7 Å². The van der Waals surface area contributed by atoms with Gasteiger partial charge >= 0.3 is 0 Å². The van der Waals surface area contributed by atoms with E-state index in [2.05, 4.69) is 10.5 Å². The predicted octanol–water partition coefficient (Wildman–Crippen LogP) is 1.88. The number of carbonyl (C=O) groups excluding carboxylic acids is 1. The number of hydrogen-bond donors (Lipinski definition) is 1. The molecule has 1 atom stereocenters. The summed E-state index contributed by atoms with van der Waals surface area (Å²) in [6.45, 7) is 0.906. The highest BCUT2D eigenvalue weighted by Crippen LogP contribution is 2.36. The number of methoxy groups -OCH3 is 1. The third kappa shape index (κ3) is 3.41. The van der Waals surface area contributed by atoms with E-state index in [0.29, 0.717) is 13.2 Å². The lowest BCUT2D eigenvalue weighted by atomic mass is 10.1. The van der Waals surface area contributed by atoms with Crippen LogP contribution >= 0.6 is 0 Å². The minimum Gasteiger partial charge on any atom is -0.479 e. The summed E-state index contributed by atoms with van der Waals surface area (Å²) in [5.74, 6) is -0.356. The van der Waals surface area contributed by atoms with Crippen molar-refractivity contribution in [3.05, 3.63) is 11.8 Å². The maximum Gasteiger partial charge on any atom is 0.290 e. The molecule has 1 aromatic rings. The SMILES string of the molecule is COc1cc(C(=O)NC[C@@H]2COC3(CCCCCC3)O2)on1. The summed E-state index contributed by atoms with van der Waals surface area (Å²) in [6.07, 6.45) is 6.51. The molecule has 1 aromatic heterocycles. The molecule has 1 aliphatic heterocycles. The fraction of sp³-hybridized carbons (Fsp3) is 0.733. The van der Waals surface area contributed by atoms with E-state index >= 15 is 0 Å². The monoisotopic (exact) mass is 310 g/mol. The van der Waals surface area contributed by atoms with E-state index in [1.165, 1.54) is 26.0 Å². The molecule has 1 saturated carbocycles. The maximum atomic E-state index is 12.0. The van der Waals surface area contributed by atoms with E-state index in [9.17, 15) is 4.79 Å². The van der Waals surface area contributed by atoms with Gasteiger partial charge in [-0.15, -0.1) is 0 Å². The molecule has 0 unspecified atom stereocenters. The molecule has 1 N–H and O–H groups in total. The number of nitrogens with one attached hydrogen (secondary N) is 1. The fourth-order valence-corrected chi connectivity index (χ4v) is 3.00. The summed E-state index contributed by atoms with van der Waals surface area (Å²) in [6, 6.07) is 1.45. The Hall–Kier alpha value is -1.60. The van der Waals surface area contributed by atoms with Crippen LogP contribution in [0.2, 0.25) is 0 Å². The van der Waals surface area contributed by atoms with Crippen LogP contribution in [-0.2, 0) is 9.47 Å². The second-order valence-electron chi connectivity index (χ2n) is 5.82. The first-order chi connectivity index (χ1) is 10.7. The second kappa shape index (κ2) is 6.66. The first-order valence-electron chi connectivity index (χ1n) is 7.81. The van der Waals surface area contributed by atoms with Crippen molar-refractivity contribution < 1.29 is 23.5 Å². The van der Waals surface area contributed by atoms with E-state index in [1.807, 2.05) is 0 Å². The Kier molecular flexibility index (Phi) is 4.63. The normalized spacial score (nSPS) is 24.1. The number of rotatable bonds is 4. The van der Waals surface area contributed by atoms with Gasteiger partial charge in [-0.3, -0.25) is 4.79 Å². The minimum absolute atomic E-state index is 0.119. The average Bonchev–Trinajstić information content (AvgIpc) is 3.09. The standard InChI is InChI=1S/C15H22N2O5/c1-19-13-8-12(22-17-13)14(18)16-9-11-10-20-15(21-11)6-4-2-3-5-7-15/h8,11H,2-7,9-10H2,1H3,(H,16,18)/t11-/m1/s1. The zero-order chi connectivity index (χ0) is 15.4. The molecule has 1 aliphatic carbocycles. The summed E-state index contributed by atoms with van der Waals surface area (Å²) in [5, 5.41) is 6.38. The van der Waals surface area contributed by atoms with Gasteiger partial charge < -0.3 is 24.1 Å². The molecular formula is C15H22N2O5. The van der Waals surface area contributed by atoms with Crippen LogP contribution in [0.3, 0.4) is 0 Å². The molecule has 7 heteroatoms. The Morgan fingerprint density at radius 1 is 1.41 bits per heavy atom. The summed E-state index contributed by atoms with van der Waals surface area (Å²) < 4.78 is 21.8. The van der Waals surface area contributed by atoms with E-state index in [4.69, 9.17) is 18.7 Å². The van der Waals surface area contributed by atoms with Gasteiger partial charge in [-0.2, -0.15) is 0 Å². The molecule has 2 aliphatic rings. The number of carbonyl (C=O) groups is 1. The molecule has 0 radical (unpaired) electrons. The van der Waals surface area contributed by atoms with Crippen molar-refractivity contribution in [1.82, 2.24) is 10.5 Å². The second-order valence-corrected chi connectivity index (χ2v) is 5.82. The van der Waals surface area contributed by atoms with Crippen molar-refractivity contribution in [2.45, 2.75) is 50.4 Å². The predicted molar refractivity (Wildman–Crippen MR) is 76.6 cm³/mol. The molecule has 2 fully saturated rings. The zero-order valence-corrected chi connectivity index (χ0v) is 12.8. The van der Waals surface area contributed by atoms with Crippen molar-refractivity contribution in [2.24, 2.45) is 0 Å². The number of ether oxygens (including phenoxy) is 3. The van der Waals surface area contributed by atoms with E-state index in [0.717, 1.165) is 25.7 Å². The molecule has 3 rings (SSSR count). The van der Waals surface area contributed by atoms with Gasteiger partial charge in [0.1, 0.15) is 6.10 Å². The number of amides is 1. The third-order valence-corrected chi connectivity index (χ3v) is 4.19. The largest absolute Gasteiger partial charge is 0.479 e. The molecule has 2 heterocycles. The molecule has 1 amide bonds. The summed E-state index contributed by atoms with van der Waals surface area (Å²) in [4.78, 5) is 12.0. The van der Waals surface area contributed by atoms with Crippen molar-refractivity contribution in [1.29, 1.82) is 0 Å². The van der Waals surface area contributed by atoms with Gasteiger partial charge in [-0.05, 0) is 18.0 Å². The topological polar surface area (TPSA) is 82.8 Å². The first-order valence-corrected chi connectivity index (χ1v) is 7.81. The van der Waals surface area contributed by atoms with Gasteiger partial charge in [0, 0.05) is 19.4 Å². The fourth-order valence-electron chi connectivity index (χ4n) is 3.00. The van der Waals surface area contributed by atoms with E-state index in [1.54, 1.807) is 0 Å². The highest BCUT2D eigenvalue weighted by molar-refractivity contribution is 5.91. The highest BCUT2D eigenvalue weighted by Gasteiger charge is 2.41. The van der Waals surface area contributed by atoms with Crippen LogP contribution < -0.4 is 10.1 Å². The van der Waals surface area contributed by atoms with Crippen LogP contribution in [0.15, 0.2) is 10.6 Å². The van der Waals surface area contributed by atoms with E-state index < -0.39 is 5.79 Å². The lowest BCUT2D eigenvalue weighted by Gasteiger charge is -2.26. The summed E-state index contributed by atoms with van der Waals surface area (Å²) in [7, 11) is 1.47. The van der Waals surface area contributed by atoms with Gasteiger partial charge in [0.25, 0.3) is 11.8 Å². The lowest BCUT2D eigenvalue weighted by molar-refractivity contribution is -0.175. The van der Waals surface area contributed by atoms with Crippen molar-refractivity contribution in [2.75, 3.05) is 20.3 Å². The van der Waals surface area contributed by atoms with Crippen molar-refractivity contribution in [3.63, 3.8) is 0 Å². The van der Waals surface area contributed by atoms with Crippen LogP contribution in [-0.4, -0.2) is 43.2 Å². The molecule has 0 aromatic carbocycles. The molecule has 1 saturated heterocycles. The Balaban J connectivity index is 1.49. The average molecular weight is 310 g/mol. The van der Waals surface area contributed by atoms with Gasteiger partial charge in [0.05, 0.1) is 19.8 Å². The Morgan fingerprint density at radius 2 is 2.18 bits per heavy atom. The van der Waals surface area contributed by atoms with Gasteiger partial charge in [0.15, 0.2) is 5.79 Å². The van der Waals surface area contributed by atoms with Crippen molar-refractivity contribution >= 4 is 5.91 Å². The minimum atomic E-state index is -0.429. The van der Waals surface area contributed by atoms with Gasteiger partial charge in [0.2, 0.25) is 5.76 Å². The summed E-state index contributed by atoms with van der Waals surface area (Å²) in [5.41, 5.74) is 0. The number of nitrogens with zero attached hydrogens (tertiary/aromatic N) is 1. The van der Waals surface area contributed by atoms with Gasteiger partial charge in [-0.1, -0.05) is 12.8 Å². The van der Waals surface area contributed by atoms with Crippen molar-refractivity contribution in [3.8, 4) is 5.88 Å². The number of aromatic nitrogens is 1. The molecule has 7 nitrogen and oxygen atoms in total. The molecule has 122 valence electrons. The molecule has 22 heavy (non-hydrogen) atoms. The number of hydrogen-bond acceptors (Lipinski definition) is 6. The smallest absolute Gasteiger partial charge is 0.290 e. The maximum absolute atomic E-state index is 12.0. The third-order valence-electron chi connectivity index (χ3n) is 4.19. The Labute approximate surface area is 129 Å². The van der Waals surface area contributed by atoms with Crippen LogP contribution in [0.25, 0.3) is 0 Å². The quantitative estimate of drug-likeness (QED) is 0.914. The molecule has 1 spiro atoms. The zero-order valence-electron chi connectivity index (χ0n) is 12.8. The van der Waals surface area contributed by atoms with Crippen LogP contribution in [0.5, 0.6) is 5.88 Å². The highest BCUT2D eigenvalue weighted by atomic mass is 16.7. The van der Waals surface area contributed by atoms with Crippen LogP contribution in [0.4, 0.5) is 0 Å². The molecular weight excluding hydrogens is 288 g/mol. The summed E-state index contributed by atoms with van der Waals surface area (Å²) >= 11 is 0. The Morgan fingerprint density at radius 3 is 2.86 bits per heavy atom.